The number of amides is 1. The van der Waals surface area contributed by atoms with E-state index >= 15 is 0 Å². The largest absolute Gasteiger partial charge is 0.326 e. The maximum atomic E-state index is 11.3. The van der Waals surface area contributed by atoms with Gasteiger partial charge >= 0.3 is 0 Å². The lowest BCUT2D eigenvalue weighted by Crippen LogP contribution is -2.08. The Balaban J connectivity index is 2.22. The fourth-order valence-corrected chi connectivity index (χ4v) is 1.71. The number of benzene rings is 1. The van der Waals surface area contributed by atoms with E-state index in [1.165, 1.54) is 4.68 Å². The van der Waals surface area contributed by atoms with Crippen LogP contribution in [0.25, 0.3) is 11.3 Å². The highest BCUT2D eigenvalue weighted by Gasteiger charge is 2.06. The van der Waals surface area contributed by atoms with Gasteiger partial charge in [0.2, 0.25) is 5.91 Å². The van der Waals surface area contributed by atoms with Crippen molar-refractivity contribution in [3.05, 3.63) is 36.0 Å². The molecule has 0 bridgehead atoms. The van der Waals surface area contributed by atoms with E-state index in [0.717, 1.165) is 23.2 Å². The van der Waals surface area contributed by atoms with Crippen molar-refractivity contribution in [3.8, 4) is 11.3 Å². The van der Waals surface area contributed by atoms with Crippen molar-refractivity contribution in [2.45, 2.75) is 13.3 Å². The highest BCUT2D eigenvalue weighted by atomic mass is 16.1. The Labute approximate surface area is 111 Å². The van der Waals surface area contributed by atoms with Crippen molar-refractivity contribution in [2.75, 3.05) is 5.32 Å². The number of aryl methyl sites for hydroxylation is 1. The lowest BCUT2D eigenvalue weighted by Gasteiger charge is -2.04. The van der Waals surface area contributed by atoms with Crippen LogP contribution < -0.4 is 5.32 Å². The molecule has 0 radical (unpaired) electrons. The summed E-state index contributed by atoms with van der Waals surface area (Å²) in [7, 11) is 1.73. The molecule has 5 nitrogen and oxygen atoms in total. The van der Waals surface area contributed by atoms with Crippen molar-refractivity contribution in [3.63, 3.8) is 0 Å². The Hall–Kier alpha value is -2.43. The fourth-order valence-electron chi connectivity index (χ4n) is 1.71. The maximum absolute atomic E-state index is 11.3. The molecule has 0 saturated carbocycles. The molecular formula is C14H15N3O2. The Morgan fingerprint density at radius 3 is 2.58 bits per heavy atom. The van der Waals surface area contributed by atoms with Gasteiger partial charge in [-0.2, -0.15) is 5.10 Å². The zero-order valence-electron chi connectivity index (χ0n) is 10.9. The summed E-state index contributed by atoms with van der Waals surface area (Å²) >= 11 is 0. The summed E-state index contributed by atoms with van der Waals surface area (Å²) in [6.07, 6.45) is 1.22. The molecule has 98 valence electrons. The number of anilines is 1. The van der Waals surface area contributed by atoms with Gasteiger partial charge in [-0.3, -0.25) is 14.3 Å². The molecule has 1 N–H and O–H groups in total. The van der Waals surface area contributed by atoms with Crippen LogP contribution in [0.1, 0.15) is 23.8 Å². The first-order valence-electron chi connectivity index (χ1n) is 6.03. The molecule has 0 aliphatic carbocycles. The molecule has 2 aromatic rings. The first-order chi connectivity index (χ1) is 9.13. The highest BCUT2D eigenvalue weighted by molar-refractivity contribution is 5.90. The number of carbonyl (C=O) groups excluding carboxylic acids is 2. The topological polar surface area (TPSA) is 64.0 Å². The summed E-state index contributed by atoms with van der Waals surface area (Å²) in [5, 5.41) is 7.03. The van der Waals surface area contributed by atoms with E-state index in [9.17, 15) is 9.59 Å². The zero-order valence-corrected chi connectivity index (χ0v) is 10.9. The van der Waals surface area contributed by atoms with Crippen molar-refractivity contribution in [1.82, 2.24) is 9.78 Å². The Morgan fingerprint density at radius 1 is 1.37 bits per heavy atom. The van der Waals surface area contributed by atoms with Gasteiger partial charge in [-0.05, 0) is 18.2 Å². The molecule has 1 aromatic carbocycles. The van der Waals surface area contributed by atoms with E-state index in [1.807, 2.05) is 24.3 Å². The third-order valence-corrected chi connectivity index (χ3v) is 2.82. The van der Waals surface area contributed by atoms with E-state index in [1.54, 1.807) is 20.0 Å². The van der Waals surface area contributed by atoms with E-state index in [4.69, 9.17) is 0 Å². The summed E-state index contributed by atoms with van der Waals surface area (Å²) in [6.45, 7) is 1.80. The molecule has 1 amide bonds. The number of aldehydes is 1. The van der Waals surface area contributed by atoms with Crippen LogP contribution in [0.15, 0.2) is 30.3 Å². The predicted octanol–water partition coefficient (Wildman–Crippen LogP) is 2.25. The summed E-state index contributed by atoms with van der Waals surface area (Å²) < 4.78 is 1.54. The third-order valence-electron chi connectivity index (χ3n) is 2.82. The van der Waals surface area contributed by atoms with Gasteiger partial charge < -0.3 is 5.32 Å². The van der Waals surface area contributed by atoms with Crippen LogP contribution in [0.5, 0.6) is 0 Å². The van der Waals surface area contributed by atoms with Crippen molar-refractivity contribution in [1.29, 1.82) is 0 Å². The van der Waals surface area contributed by atoms with Crippen LogP contribution in [-0.4, -0.2) is 22.0 Å². The molecule has 0 saturated heterocycles. The molecule has 0 aliphatic rings. The average molecular weight is 257 g/mol. The number of hydrogen-bond acceptors (Lipinski definition) is 3. The van der Waals surface area contributed by atoms with Crippen LogP contribution in [0, 0.1) is 0 Å². The van der Waals surface area contributed by atoms with Gasteiger partial charge in [0.1, 0.15) is 5.69 Å². The first kappa shape index (κ1) is 13.0. The van der Waals surface area contributed by atoms with Crippen LogP contribution in [-0.2, 0) is 11.8 Å². The predicted molar refractivity (Wildman–Crippen MR) is 73.0 cm³/mol. The monoisotopic (exact) mass is 257 g/mol. The summed E-state index contributed by atoms with van der Waals surface area (Å²) in [4.78, 5) is 22.0. The van der Waals surface area contributed by atoms with Gasteiger partial charge in [0.15, 0.2) is 6.29 Å². The van der Waals surface area contributed by atoms with E-state index < -0.39 is 0 Å². The molecule has 0 unspecified atom stereocenters. The number of hydrogen-bond donors (Lipinski definition) is 1. The summed E-state index contributed by atoms with van der Waals surface area (Å²) in [5.41, 5.74) is 2.91. The van der Waals surface area contributed by atoms with Crippen LogP contribution in [0.3, 0.4) is 0 Å². The minimum absolute atomic E-state index is 0.0196. The smallest absolute Gasteiger partial charge is 0.224 e. The average Bonchev–Trinajstić information content (AvgIpc) is 2.80. The molecule has 0 atom stereocenters. The number of nitrogens with zero attached hydrogens (tertiary/aromatic N) is 2. The molecule has 2 rings (SSSR count). The number of carbonyl (C=O) groups is 2. The van der Waals surface area contributed by atoms with Gasteiger partial charge in [-0.25, -0.2) is 0 Å². The third kappa shape index (κ3) is 2.88. The molecule has 1 heterocycles. The van der Waals surface area contributed by atoms with Crippen LogP contribution in [0.4, 0.5) is 5.69 Å². The lowest BCUT2D eigenvalue weighted by atomic mass is 10.1. The summed E-state index contributed by atoms with van der Waals surface area (Å²) in [5.74, 6) is -0.0196. The van der Waals surface area contributed by atoms with E-state index in [0.29, 0.717) is 12.1 Å². The molecular weight excluding hydrogens is 242 g/mol. The molecule has 0 spiro atoms. The number of aromatic nitrogens is 2. The van der Waals surface area contributed by atoms with Crippen molar-refractivity contribution >= 4 is 17.9 Å². The molecule has 19 heavy (non-hydrogen) atoms. The quantitative estimate of drug-likeness (QED) is 0.854. The normalized spacial score (nSPS) is 10.2. The molecule has 5 heteroatoms. The van der Waals surface area contributed by atoms with E-state index in [-0.39, 0.29) is 5.91 Å². The van der Waals surface area contributed by atoms with Gasteiger partial charge in [0.05, 0.1) is 5.69 Å². The van der Waals surface area contributed by atoms with Crippen molar-refractivity contribution < 1.29 is 9.59 Å². The zero-order chi connectivity index (χ0) is 13.8. The molecule has 0 aliphatic heterocycles. The molecule has 1 aromatic heterocycles. The van der Waals surface area contributed by atoms with Gasteiger partial charge in [0, 0.05) is 24.7 Å². The maximum Gasteiger partial charge on any atom is 0.224 e. The van der Waals surface area contributed by atoms with E-state index in [2.05, 4.69) is 10.4 Å². The Kier molecular flexibility index (Phi) is 3.75. The first-order valence-corrected chi connectivity index (χ1v) is 6.03. The van der Waals surface area contributed by atoms with Crippen LogP contribution >= 0.6 is 0 Å². The summed E-state index contributed by atoms with van der Waals surface area (Å²) in [6, 6.07) is 9.09. The number of nitrogens with one attached hydrogen (secondary N) is 1. The van der Waals surface area contributed by atoms with Crippen molar-refractivity contribution in [2.24, 2.45) is 7.05 Å². The highest BCUT2D eigenvalue weighted by Crippen LogP contribution is 2.20. The minimum Gasteiger partial charge on any atom is -0.326 e. The standard InChI is InChI=1S/C14H15N3O2/c1-3-14(19)15-11-6-4-10(5-7-11)13-8-12(9-18)17(2)16-13/h4-9H,3H2,1-2H3,(H,15,19). The second-order valence-corrected chi connectivity index (χ2v) is 4.17. The minimum atomic E-state index is -0.0196. The SMILES string of the molecule is CCC(=O)Nc1ccc(-c2cc(C=O)n(C)n2)cc1. The second-order valence-electron chi connectivity index (χ2n) is 4.17. The lowest BCUT2D eigenvalue weighted by molar-refractivity contribution is -0.115. The Bertz CT molecular complexity index is 600. The Morgan fingerprint density at radius 2 is 2.05 bits per heavy atom. The van der Waals surface area contributed by atoms with Gasteiger partial charge in [-0.15, -0.1) is 0 Å². The number of rotatable bonds is 4. The van der Waals surface area contributed by atoms with Gasteiger partial charge in [-0.1, -0.05) is 19.1 Å². The molecule has 0 fully saturated rings. The van der Waals surface area contributed by atoms with Gasteiger partial charge in [0.25, 0.3) is 0 Å². The fraction of sp³-hybridized carbons (Fsp3) is 0.214. The van der Waals surface area contributed by atoms with Crippen LogP contribution in [0.2, 0.25) is 0 Å². The second kappa shape index (κ2) is 5.48.